The third-order valence-corrected chi connectivity index (χ3v) is 7.73. The van der Waals surface area contributed by atoms with Crippen LogP contribution >= 0.6 is 0 Å². The van der Waals surface area contributed by atoms with Crippen molar-refractivity contribution in [1.29, 1.82) is 0 Å². The van der Waals surface area contributed by atoms with Crippen molar-refractivity contribution in [2.24, 2.45) is 0 Å². The Bertz CT molecular complexity index is 1300. The fourth-order valence-electron chi connectivity index (χ4n) is 5.77. The molecule has 41 heavy (non-hydrogen) atoms. The summed E-state index contributed by atoms with van der Waals surface area (Å²) in [4.78, 5) is 30.9. The lowest BCUT2D eigenvalue weighted by atomic mass is 9.94. The van der Waals surface area contributed by atoms with Gasteiger partial charge in [-0.05, 0) is 68.1 Å². The zero-order valence-corrected chi connectivity index (χ0v) is 24.2. The van der Waals surface area contributed by atoms with Crippen LogP contribution in [0.1, 0.15) is 56.3 Å². The molecule has 2 saturated heterocycles. The zero-order chi connectivity index (χ0) is 28.9. The summed E-state index contributed by atoms with van der Waals surface area (Å²) >= 11 is 0. The molecule has 220 valence electrons. The highest BCUT2D eigenvalue weighted by atomic mass is 16.5. The van der Waals surface area contributed by atoms with E-state index in [1.807, 2.05) is 51.1 Å². The number of aliphatic hydroxyl groups excluding tert-OH is 1. The molecular formula is C32H40N2O7. The molecule has 0 aromatic heterocycles. The van der Waals surface area contributed by atoms with E-state index in [2.05, 4.69) is 4.90 Å². The lowest BCUT2D eigenvalue weighted by Crippen LogP contribution is -2.39. The van der Waals surface area contributed by atoms with Crippen molar-refractivity contribution in [1.82, 2.24) is 9.80 Å². The first-order valence-corrected chi connectivity index (χ1v) is 14.7. The average molecular weight is 565 g/mol. The molecule has 2 fully saturated rings. The molecule has 1 amide bonds. The first-order valence-electron chi connectivity index (χ1n) is 14.7. The number of ketones is 1. The normalized spacial score (nSPS) is 22.1. The Balaban J connectivity index is 1.52. The first kappa shape index (κ1) is 29.0. The molecule has 2 aromatic carbocycles. The van der Waals surface area contributed by atoms with Gasteiger partial charge in [0.15, 0.2) is 11.5 Å². The van der Waals surface area contributed by atoms with Crippen LogP contribution < -0.4 is 14.2 Å². The van der Waals surface area contributed by atoms with Gasteiger partial charge in [-0.1, -0.05) is 13.0 Å². The van der Waals surface area contributed by atoms with Crippen LogP contribution in [0, 0.1) is 0 Å². The molecule has 5 rings (SSSR count). The van der Waals surface area contributed by atoms with Crippen LogP contribution in [-0.2, 0) is 20.7 Å². The van der Waals surface area contributed by atoms with Gasteiger partial charge in [0, 0.05) is 38.2 Å². The lowest BCUT2D eigenvalue weighted by molar-refractivity contribution is -0.140. The van der Waals surface area contributed by atoms with Crippen LogP contribution in [0.15, 0.2) is 42.0 Å². The highest BCUT2D eigenvalue weighted by Crippen LogP contribution is 2.43. The van der Waals surface area contributed by atoms with E-state index in [0.29, 0.717) is 68.4 Å². The number of aliphatic hydroxyl groups is 1. The second-order valence-corrected chi connectivity index (χ2v) is 10.7. The van der Waals surface area contributed by atoms with Gasteiger partial charge >= 0.3 is 0 Å². The Kier molecular flexibility index (Phi) is 9.15. The number of carbonyl (C=O) groups is 2. The number of hydrogen-bond donors (Lipinski definition) is 1. The Hall–Kier alpha value is -3.56. The largest absolute Gasteiger partial charge is 0.507 e. The molecule has 2 aromatic rings. The summed E-state index contributed by atoms with van der Waals surface area (Å²) in [6.07, 6.45) is 2.30. The van der Waals surface area contributed by atoms with Crippen molar-refractivity contribution in [3.63, 3.8) is 0 Å². The number of carbonyl (C=O) groups excluding carboxylic acids is 2. The second kappa shape index (κ2) is 13.0. The summed E-state index contributed by atoms with van der Waals surface area (Å²) in [6.45, 7) is 11.1. The van der Waals surface area contributed by atoms with Crippen LogP contribution in [0.4, 0.5) is 0 Å². The van der Waals surface area contributed by atoms with Crippen LogP contribution in [0.3, 0.4) is 0 Å². The second-order valence-electron chi connectivity index (χ2n) is 10.7. The smallest absolute Gasteiger partial charge is 0.295 e. The topological polar surface area (TPSA) is 97.8 Å². The van der Waals surface area contributed by atoms with Crippen molar-refractivity contribution < 1.29 is 33.6 Å². The van der Waals surface area contributed by atoms with Crippen molar-refractivity contribution >= 4 is 17.4 Å². The summed E-state index contributed by atoms with van der Waals surface area (Å²) in [6, 6.07) is 10.1. The zero-order valence-electron chi connectivity index (χ0n) is 24.2. The van der Waals surface area contributed by atoms with E-state index in [9.17, 15) is 14.7 Å². The fourth-order valence-corrected chi connectivity index (χ4v) is 5.77. The van der Waals surface area contributed by atoms with Crippen molar-refractivity contribution in [2.75, 3.05) is 52.6 Å². The SMILES string of the molecule is CCCOc1ccc([C@@H]2/C(=C(\O)c3ccc4c(c3)C[C@@H](C)O4)C(=O)C(=O)N2CCCN2CCOCC2)cc1OCC. The molecule has 0 bridgehead atoms. The molecule has 0 spiro atoms. The van der Waals surface area contributed by atoms with Gasteiger partial charge < -0.3 is 29.0 Å². The number of amides is 1. The number of nitrogens with zero attached hydrogens (tertiary/aromatic N) is 2. The van der Waals surface area contributed by atoms with E-state index in [4.69, 9.17) is 18.9 Å². The van der Waals surface area contributed by atoms with Gasteiger partial charge in [0.1, 0.15) is 17.6 Å². The number of Topliss-reactive ketones (excluding diaryl/α,β-unsaturated/α-hetero) is 1. The molecule has 0 radical (unpaired) electrons. The molecule has 0 aliphatic carbocycles. The van der Waals surface area contributed by atoms with Crippen molar-refractivity contribution in [3.8, 4) is 17.2 Å². The number of benzene rings is 2. The minimum atomic E-state index is -0.762. The van der Waals surface area contributed by atoms with Crippen LogP contribution in [0.5, 0.6) is 17.2 Å². The number of morpholine rings is 1. The average Bonchev–Trinajstić information content (AvgIpc) is 3.48. The lowest BCUT2D eigenvalue weighted by Gasteiger charge is -2.29. The number of fused-ring (bicyclic) bond motifs is 1. The van der Waals surface area contributed by atoms with Gasteiger partial charge in [-0.2, -0.15) is 0 Å². The van der Waals surface area contributed by atoms with E-state index < -0.39 is 17.7 Å². The van der Waals surface area contributed by atoms with Crippen LogP contribution in [0.2, 0.25) is 0 Å². The summed E-state index contributed by atoms with van der Waals surface area (Å²) in [5.41, 5.74) is 2.22. The summed E-state index contributed by atoms with van der Waals surface area (Å²) in [5.74, 6) is 0.443. The standard InChI is InChI=1S/C32H40N2O7/c1-4-15-40-26-10-7-22(20-27(26)39-5-2)29-28(30(35)23-8-9-25-24(19-23)18-21(3)41-25)31(36)32(37)34(29)12-6-11-33-13-16-38-17-14-33/h7-10,19-21,29,35H,4-6,11-18H2,1-3H3/b30-28+/t21-,29-/m1/s1. The maximum Gasteiger partial charge on any atom is 0.295 e. The Morgan fingerprint density at radius 3 is 2.59 bits per heavy atom. The summed E-state index contributed by atoms with van der Waals surface area (Å²) in [5, 5.41) is 11.6. The third kappa shape index (κ3) is 6.21. The van der Waals surface area contributed by atoms with E-state index in [-0.39, 0.29) is 17.4 Å². The highest BCUT2D eigenvalue weighted by Gasteiger charge is 2.46. The molecule has 9 nitrogen and oxygen atoms in total. The van der Waals surface area contributed by atoms with Gasteiger partial charge in [-0.25, -0.2) is 0 Å². The molecule has 3 aliphatic heterocycles. The molecule has 0 saturated carbocycles. The fraction of sp³-hybridized carbons (Fsp3) is 0.500. The highest BCUT2D eigenvalue weighted by molar-refractivity contribution is 6.46. The Morgan fingerprint density at radius 2 is 1.83 bits per heavy atom. The number of ether oxygens (including phenoxy) is 4. The molecule has 3 heterocycles. The minimum Gasteiger partial charge on any atom is -0.507 e. The molecule has 3 aliphatic rings. The quantitative estimate of drug-likeness (QED) is 0.245. The maximum atomic E-state index is 13.6. The molecule has 2 atom stereocenters. The third-order valence-electron chi connectivity index (χ3n) is 7.73. The Labute approximate surface area is 241 Å². The monoisotopic (exact) mass is 564 g/mol. The van der Waals surface area contributed by atoms with Crippen LogP contribution in [0.25, 0.3) is 5.76 Å². The Morgan fingerprint density at radius 1 is 1.02 bits per heavy atom. The van der Waals surface area contributed by atoms with Gasteiger partial charge in [0.25, 0.3) is 11.7 Å². The first-order chi connectivity index (χ1) is 19.9. The molecule has 0 unspecified atom stereocenters. The van der Waals surface area contributed by atoms with E-state index in [1.54, 1.807) is 11.0 Å². The molecule has 9 heteroatoms. The summed E-state index contributed by atoms with van der Waals surface area (Å²) in [7, 11) is 0. The molecule has 1 N–H and O–H groups in total. The predicted molar refractivity (Wildman–Crippen MR) is 155 cm³/mol. The van der Waals surface area contributed by atoms with Gasteiger partial charge in [0.2, 0.25) is 0 Å². The van der Waals surface area contributed by atoms with E-state index in [0.717, 1.165) is 37.4 Å². The number of rotatable bonds is 11. The molecular weight excluding hydrogens is 524 g/mol. The minimum absolute atomic E-state index is 0.0462. The van der Waals surface area contributed by atoms with Gasteiger partial charge in [-0.3, -0.25) is 14.5 Å². The predicted octanol–water partition coefficient (Wildman–Crippen LogP) is 4.34. The van der Waals surface area contributed by atoms with Gasteiger partial charge in [-0.15, -0.1) is 0 Å². The van der Waals surface area contributed by atoms with Crippen LogP contribution in [-0.4, -0.2) is 85.3 Å². The van der Waals surface area contributed by atoms with Crippen molar-refractivity contribution in [2.45, 2.75) is 52.2 Å². The number of likely N-dealkylation sites (tertiary alicyclic amines) is 1. The van der Waals surface area contributed by atoms with E-state index >= 15 is 0 Å². The summed E-state index contributed by atoms with van der Waals surface area (Å²) < 4.78 is 23.1. The van der Waals surface area contributed by atoms with Crippen molar-refractivity contribution in [3.05, 3.63) is 58.7 Å². The maximum absolute atomic E-state index is 13.6. The van der Waals surface area contributed by atoms with Gasteiger partial charge in [0.05, 0.1) is 38.0 Å². The van der Waals surface area contributed by atoms with E-state index in [1.165, 1.54) is 0 Å². The number of hydrogen-bond acceptors (Lipinski definition) is 8.